The second-order valence-electron chi connectivity index (χ2n) is 1.82. The van der Waals surface area contributed by atoms with Crippen molar-refractivity contribution in [3.63, 3.8) is 0 Å². The molecule has 1 radical (unpaired) electrons. The molecule has 0 atom stereocenters. The quantitative estimate of drug-likeness (QED) is 0.572. The van der Waals surface area contributed by atoms with Crippen LogP contribution in [0, 0.1) is 0 Å². The third kappa shape index (κ3) is 5.04. The SMILES string of the molecule is [O]C(CC(=O)O)CC(=O)O. The number of carboxylic acids is 2. The fraction of sp³-hybridized carbons (Fsp3) is 0.600. The molecule has 0 rings (SSSR count). The lowest BCUT2D eigenvalue weighted by molar-refractivity contribution is -0.144. The van der Waals surface area contributed by atoms with Crippen LogP contribution in [0.15, 0.2) is 0 Å². The van der Waals surface area contributed by atoms with Crippen LogP contribution in [0.4, 0.5) is 0 Å². The molecule has 2 N–H and O–H groups in total. The molecule has 10 heavy (non-hydrogen) atoms. The zero-order valence-corrected chi connectivity index (χ0v) is 5.11. The third-order valence-electron chi connectivity index (χ3n) is 0.805. The summed E-state index contributed by atoms with van der Waals surface area (Å²) in [5.74, 6) is -2.53. The summed E-state index contributed by atoms with van der Waals surface area (Å²) in [5, 5.41) is 26.4. The molecule has 0 aliphatic rings. The summed E-state index contributed by atoms with van der Waals surface area (Å²) in [5.41, 5.74) is 0. The van der Waals surface area contributed by atoms with Crippen LogP contribution in [0.5, 0.6) is 0 Å². The Bertz CT molecular complexity index is 125. The van der Waals surface area contributed by atoms with E-state index < -0.39 is 30.9 Å². The molecule has 0 aromatic carbocycles. The Morgan fingerprint density at radius 3 is 1.60 bits per heavy atom. The van der Waals surface area contributed by atoms with Gasteiger partial charge in [-0.25, -0.2) is 5.11 Å². The van der Waals surface area contributed by atoms with Crippen molar-refractivity contribution in [2.24, 2.45) is 0 Å². The lowest BCUT2D eigenvalue weighted by Crippen LogP contribution is -2.15. The number of carboxylic acid groups (broad SMARTS) is 2. The number of carbonyl (C=O) groups is 2. The molecule has 0 amide bonds. The Kier molecular flexibility index (Phi) is 3.42. The molecule has 0 aromatic rings. The molecule has 0 spiro atoms. The van der Waals surface area contributed by atoms with Crippen LogP contribution in [0.3, 0.4) is 0 Å². The van der Waals surface area contributed by atoms with Crippen LogP contribution in [0.2, 0.25) is 0 Å². The smallest absolute Gasteiger partial charge is 0.306 e. The Balaban J connectivity index is 3.53. The third-order valence-corrected chi connectivity index (χ3v) is 0.805. The van der Waals surface area contributed by atoms with Gasteiger partial charge in [0, 0.05) is 0 Å². The molecular formula is C5H7O5. The minimum absolute atomic E-state index is 0.633. The number of hydrogen-bond acceptors (Lipinski definition) is 2. The highest BCUT2D eigenvalue weighted by Gasteiger charge is 2.14. The Labute approximate surface area is 56.9 Å². The molecule has 0 fully saturated rings. The topological polar surface area (TPSA) is 94.5 Å². The predicted molar refractivity (Wildman–Crippen MR) is 29.0 cm³/mol. The average Bonchev–Trinajstić information content (AvgIpc) is 1.58. The van der Waals surface area contributed by atoms with Crippen LogP contribution in [-0.2, 0) is 14.7 Å². The van der Waals surface area contributed by atoms with Gasteiger partial charge in [-0.2, -0.15) is 0 Å². The monoisotopic (exact) mass is 147 g/mol. The molecule has 0 heterocycles. The van der Waals surface area contributed by atoms with Crippen LogP contribution < -0.4 is 0 Å². The second-order valence-corrected chi connectivity index (χ2v) is 1.82. The maximum Gasteiger partial charge on any atom is 0.306 e. The first-order valence-electron chi connectivity index (χ1n) is 2.61. The van der Waals surface area contributed by atoms with Gasteiger partial charge in [-0.1, -0.05) is 0 Å². The number of rotatable bonds is 4. The van der Waals surface area contributed by atoms with Crippen molar-refractivity contribution in [3.05, 3.63) is 0 Å². The van der Waals surface area contributed by atoms with Gasteiger partial charge in [-0.3, -0.25) is 9.59 Å². The van der Waals surface area contributed by atoms with Crippen LogP contribution in [-0.4, -0.2) is 28.3 Å². The van der Waals surface area contributed by atoms with Crippen molar-refractivity contribution in [1.82, 2.24) is 0 Å². The molecular weight excluding hydrogens is 140 g/mol. The van der Waals surface area contributed by atoms with Gasteiger partial charge in [-0.15, -0.1) is 0 Å². The summed E-state index contributed by atoms with van der Waals surface area (Å²) in [4.78, 5) is 19.6. The van der Waals surface area contributed by atoms with E-state index in [9.17, 15) is 14.7 Å². The van der Waals surface area contributed by atoms with E-state index in [4.69, 9.17) is 10.2 Å². The van der Waals surface area contributed by atoms with Crippen molar-refractivity contribution < 1.29 is 24.9 Å². The van der Waals surface area contributed by atoms with Gasteiger partial charge in [0.2, 0.25) is 0 Å². The number of hydrogen-bond donors (Lipinski definition) is 2. The molecule has 0 aliphatic carbocycles. The summed E-state index contributed by atoms with van der Waals surface area (Å²) in [6, 6.07) is 0. The molecule has 5 nitrogen and oxygen atoms in total. The minimum Gasteiger partial charge on any atom is -0.481 e. The first kappa shape index (κ1) is 8.90. The fourth-order valence-electron chi connectivity index (χ4n) is 0.462. The van der Waals surface area contributed by atoms with E-state index in [1.807, 2.05) is 0 Å². The van der Waals surface area contributed by atoms with Crippen molar-refractivity contribution in [2.45, 2.75) is 18.9 Å². The summed E-state index contributed by atoms with van der Waals surface area (Å²) in [6.45, 7) is 0. The molecule has 5 heteroatoms. The van der Waals surface area contributed by atoms with Crippen molar-refractivity contribution in [3.8, 4) is 0 Å². The van der Waals surface area contributed by atoms with E-state index in [1.54, 1.807) is 0 Å². The summed E-state index contributed by atoms with van der Waals surface area (Å²) in [6.07, 6.45) is -2.80. The fourth-order valence-corrected chi connectivity index (χ4v) is 0.462. The maximum absolute atomic E-state index is 10.4. The summed E-state index contributed by atoms with van der Waals surface area (Å²) in [7, 11) is 0. The van der Waals surface area contributed by atoms with Gasteiger partial charge in [-0.05, 0) is 0 Å². The van der Waals surface area contributed by atoms with Gasteiger partial charge >= 0.3 is 11.9 Å². The second kappa shape index (κ2) is 3.84. The minimum atomic E-state index is -1.53. The van der Waals surface area contributed by atoms with Crippen LogP contribution in [0.25, 0.3) is 0 Å². The highest BCUT2D eigenvalue weighted by Crippen LogP contribution is 1.97. The van der Waals surface area contributed by atoms with E-state index in [0.29, 0.717) is 0 Å². The van der Waals surface area contributed by atoms with Gasteiger partial charge < -0.3 is 10.2 Å². The molecule has 0 unspecified atom stereocenters. The van der Waals surface area contributed by atoms with E-state index in [1.165, 1.54) is 0 Å². The molecule has 0 aliphatic heterocycles. The molecule has 0 saturated carbocycles. The number of aliphatic carboxylic acids is 2. The lowest BCUT2D eigenvalue weighted by atomic mass is 10.2. The first-order chi connectivity index (χ1) is 4.52. The molecule has 57 valence electrons. The van der Waals surface area contributed by atoms with Gasteiger partial charge in [0.25, 0.3) is 0 Å². The normalized spacial score (nSPS) is 9.80. The van der Waals surface area contributed by atoms with Crippen molar-refractivity contribution in [1.29, 1.82) is 0 Å². The zero-order chi connectivity index (χ0) is 8.15. The van der Waals surface area contributed by atoms with Crippen LogP contribution in [0.1, 0.15) is 12.8 Å². The molecule has 0 saturated heterocycles. The van der Waals surface area contributed by atoms with Gasteiger partial charge in [0.05, 0.1) is 12.8 Å². The van der Waals surface area contributed by atoms with E-state index in [-0.39, 0.29) is 0 Å². The molecule has 0 bridgehead atoms. The standard InChI is InChI=1S/C5H7O5/c6-3(1-4(7)8)2-5(9)10/h3H,1-2H2,(H,7,8)(H,9,10). The highest BCUT2D eigenvalue weighted by molar-refractivity contribution is 5.71. The summed E-state index contributed by atoms with van der Waals surface area (Å²) >= 11 is 0. The average molecular weight is 147 g/mol. The predicted octanol–water partition coefficient (Wildman–Crippen LogP) is -0.265. The lowest BCUT2D eigenvalue weighted by Gasteiger charge is -1.98. The molecule has 0 aromatic heterocycles. The van der Waals surface area contributed by atoms with Crippen LogP contribution >= 0.6 is 0 Å². The van der Waals surface area contributed by atoms with Crippen molar-refractivity contribution >= 4 is 11.9 Å². The maximum atomic E-state index is 10.4. The van der Waals surface area contributed by atoms with Crippen molar-refractivity contribution in [2.75, 3.05) is 0 Å². The van der Waals surface area contributed by atoms with Gasteiger partial charge in [0.15, 0.2) is 0 Å². The highest BCUT2D eigenvalue weighted by atomic mass is 16.4. The van der Waals surface area contributed by atoms with E-state index >= 15 is 0 Å². The Hall–Kier alpha value is -1.10. The Morgan fingerprint density at radius 2 is 1.40 bits per heavy atom. The first-order valence-corrected chi connectivity index (χ1v) is 2.61. The largest absolute Gasteiger partial charge is 0.481 e. The van der Waals surface area contributed by atoms with E-state index in [0.717, 1.165) is 0 Å². The zero-order valence-electron chi connectivity index (χ0n) is 5.11. The summed E-state index contributed by atoms with van der Waals surface area (Å²) < 4.78 is 0. The van der Waals surface area contributed by atoms with Gasteiger partial charge in [0.1, 0.15) is 6.10 Å². The Morgan fingerprint density at radius 1 is 1.10 bits per heavy atom. The van der Waals surface area contributed by atoms with E-state index in [2.05, 4.69) is 0 Å².